The molecule has 0 radical (unpaired) electrons. The SMILES string of the molecule is CN(c1ccc(NS(=O)(=O)c2ccc(Cl)cc2)cn1)C1CCCCC1. The molecule has 0 spiro atoms. The van der Waals surface area contributed by atoms with Gasteiger partial charge in [0.05, 0.1) is 16.8 Å². The van der Waals surface area contributed by atoms with E-state index in [1.807, 2.05) is 6.07 Å². The van der Waals surface area contributed by atoms with Crippen LogP contribution in [0.5, 0.6) is 0 Å². The molecule has 1 aromatic carbocycles. The van der Waals surface area contributed by atoms with Crippen molar-refractivity contribution in [2.24, 2.45) is 0 Å². The fourth-order valence-electron chi connectivity index (χ4n) is 3.14. The summed E-state index contributed by atoms with van der Waals surface area (Å²) < 4.78 is 27.3. The third-order valence-electron chi connectivity index (χ3n) is 4.61. The Bertz CT molecular complexity index is 801. The standard InChI is InChI=1S/C18H22ClN3O2S/c1-22(16-5-3-2-4-6-16)18-12-9-15(13-20-18)21-25(23,24)17-10-7-14(19)8-11-17/h7-13,16,21H,2-6H2,1H3. The van der Waals surface area contributed by atoms with E-state index < -0.39 is 10.0 Å². The lowest BCUT2D eigenvalue weighted by Gasteiger charge is -2.32. The molecule has 0 bridgehead atoms. The smallest absolute Gasteiger partial charge is 0.261 e. The highest BCUT2D eigenvalue weighted by Crippen LogP contribution is 2.26. The second-order valence-corrected chi connectivity index (χ2v) is 8.49. The van der Waals surface area contributed by atoms with Gasteiger partial charge in [0.1, 0.15) is 5.82 Å². The number of hydrogen-bond donors (Lipinski definition) is 1. The van der Waals surface area contributed by atoms with Gasteiger partial charge in [-0.3, -0.25) is 4.72 Å². The molecule has 1 fully saturated rings. The summed E-state index contributed by atoms with van der Waals surface area (Å²) in [5, 5.41) is 0.496. The molecular formula is C18H22ClN3O2S. The minimum atomic E-state index is -3.65. The van der Waals surface area contributed by atoms with Gasteiger partial charge in [0.2, 0.25) is 0 Å². The van der Waals surface area contributed by atoms with Crippen molar-refractivity contribution in [2.45, 2.75) is 43.0 Å². The van der Waals surface area contributed by atoms with Crippen LogP contribution >= 0.6 is 11.6 Å². The van der Waals surface area contributed by atoms with Crippen LogP contribution in [-0.4, -0.2) is 26.5 Å². The van der Waals surface area contributed by atoms with E-state index >= 15 is 0 Å². The highest BCUT2D eigenvalue weighted by Gasteiger charge is 2.19. The van der Waals surface area contributed by atoms with E-state index in [0.717, 1.165) is 5.82 Å². The highest BCUT2D eigenvalue weighted by atomic mass is 35.5. The fourth-order valence-corrected chi connectivity index (χ4v) is 4.31. The predicted octanol–water partition coefficient (Wildman–Crippen LogP) is 4.30. The van der Waals surface area contributed by atoms with E-state index in [2.05, 4.69) is 21.7 Å². The van der Waals surface area contributed by atoms with E-state index in [0.29, 0.717) is 16.8 Å². The lowest BCUT2D eigenvalue weighted by atomic mass is 9.94. The van der Waals surface area contributed by atoms with E-state index in [1.54, 1.807) is 24.4 Å². The molecule has 1 aliphatic rings. The van der Waals surface area contributed by atoms with Crippen molar-refractivity contribution in [3.8, 4) is 0 Å². The molecule has 134 valence electrons. The van der Waals surface area contributed by atoms with E-state index in [9.17, 15) is 8.42 Å². The largest absolute Gasteiger partial charge is 0.357 e. The molecule has 0 amide bonds. The van der Waals surface area contributed by atoms with Crippen molar-refractivity contribution in [3.63, 3.8) is 0 Å². The molecule has 0 aliphatic heterocycles. The van der Waals surface area contributed by atoms with Gasteiger partial charge in [-0.05, 0) is 49.2 Å². The summed E-state index contributed by atoms with van der Waals surface area (Å²) in [4.78, 5) is 6.78. The van der Waals surface area contributed by atoms with Crippen molar-refractivity contribution < 1.29 is 8.42 Å². The predicted molar refractivity (Wildman–Crippen MR) is 102 cm³/mol. The normalized spacial score (nSPS) is 15.8. The number of hydrogen-bond acceptors (Lipinski definition) is 4. The third-order valence-corrected chi connectivity index (χ3v) is 6.26. The number of pyridine rings is 1. The molecule has 1 aromatic heterocycles. The van der Waals surface area contributed by atoms with Crippen LogP contribution in [0.2, 0.25) is 5.02 Å². The van der Waals surface area contributed by atoms with E-state index in [1.165, 1.54) is 44.2 Å². The van der Waals surface area contributed by atoms with Crippen LogP contribution in [0.4, 0.5) is 11.5 Å². The molecule has 1 saturated carbocycles. The summed E-state index contributed by atoms with van der Waals surface area (Å²) >= 11 is 5.80. The maximum atomic E-state index is 12.4. The third kappa shape index (κ3) is 4.44. The van der Waals surface area contributed by atoms with Gasteiger partial charge >= 0.3 is 0 Å². The highest BCUT2D eigenvalue weighted by molar-refractivity contribution is 7.92. The average molecular weight is 380 g/mol. The average Bonchev–Trinajstić information content (AvgIpc) is 2.62. The van der Waals surface area contributed by atoms with E-state index in [4.69, 9.17) is 11.6 Å². The number of sulfonamides is 1. The molecule has 0 saturated heterocycles. The number of nitrogens with one attached hydrogen (secondary N) is 1. The summed E-state index contributed by atoms with van der Waals surface area (Å²) in [6.07, 6.45) is 7.75. The first-order valence-electron chi connectivity index (χ1n) is 8.43. The van der Waals surface area contributed by atoms with Gasteiger partial charge < -0.3 is 4.90 Å². The van der Waals surface area contributed by atoms with Crippen LogP contribution in [0.25, 0.3) is 0 Å². The van der Waals surface area contributed by atoms with Crippen LogP contribution in [0.1, 0.15) is 32.1 Å². The molecule has 7 heteroatoms. The van der Waals surface area contributed by atoms with Crippen LogP contribution < -0.4 is 9.62 Å². The zero-order chi connectivity index (χ0) is 17.9. The van der Waals surface area contributed by atoms with Crippen molar-refractivity contribution >= 4 is 33.1 Å². The summed E-state index contributed by atoms with van der Waals surface area (Å²) in [6, 6.07) is 10.2. The van der Waals surface area contributed by atoms with Crippen LogP contribution in [0, 0.1) is 0 Å². The molecule has 1 aliphatic carbocycles. The molecule has 1 N–H and O–H groups in total. The van der Waals surface area contributed by atoms with Gasteiger partial charge in [-0.1, -0.05) is 30.9 Å². The van der Waals surface area contributed by atoms with Crippen molar-refractivity contribution in [1.29, 1.82) is 0 Å². The maximum Gasteiger partial charge on any atom is 0.261 e. The first kappa shape index (κ1) is 18.0. The summed E-state index contributed by atoms with van der Waals surface area (Å²) in [7, 11) is -1.59. The van der Waals surface area contributed by atoms with Crippen LogP contribution in [0.3, 0.4) is 0 Å². The van der Waals surface area contributed by atoms with Crippen molar-refractivity contribution in [1.82, 2.24) is 4.98 Å². The second-order valence-electron chi connectivity index (χ2n) is 6.37. The number of rotatable bonds is 5. The Kier molecular flexibility index (Phi) is 5.49. The number of benzene rings is 1. The second kappa shape index (κ2) is 7.62. The molecular weight excluding hydrogens is 358 g/mol. The lowest BCUT2D eigenvalue weighted by Crippen LogP contribution is -2.33. The van der Waals surface area contributed by atoms with Crippen molar-refractivity contribution in [3.05, 3.63) is 47.6 Å². The Morgan fingerprint density at radius 3 is 2.36 bits per heavy atom. The number of aromatic nitrogens is 1. The Morgan fingerprint density at radius 1 is 1.08 bits per heavy atom. The summed E-state index contributed by atoms with van der Waals surface area (Å²) in [5.74, 6) is 0.862. The Balaban J connectivity index is 1.70. The first-order chi connectivity index (χ1) is 12.0. The zero-order valence-corrected chi connectivity index (χ0v) is 15.7. The minimum absolute atomic E-state index is 0.167. The number of halogens is 1. The fraction of sp³-hybridized carbons (Fsp3) is 0.389. The molecule has 3 rings (SSSR count). The monoisotopic (exact) mass is 379 g/mol. The summed E-state index contributed by atoms with van der Waals surface area (Å²) in [5.41, 5.74) is 0.441. The van der Waals surface area contributed by atoms with Gasteiger partial charge in [0.15, 0.2) is 0 Å². The topological polar surface area (TPSA) is 62.3 Å². The molecule has 2 aromatic rings. The van der Waals surface area contributed by atoms with Gasteiger partial charge in [0, 0.05) is 18.1 Å². The molecule has 0 atom stereocenters. The van der Waals surface area contributed by atoms with E-state index in [-0.39, 0.29) is 4.90 Å². The number of nitrogens with zero attached hydrogens (tertiary/aromatic N) is 2. The minimum Gasteiger partial charge on any atom is -0.357 e. The van der Waals surface area contributed by atoms with Gasteiger partial charge in [-0.15, -0.1) is 0 Å². The molecule has 1 heterocycles. The quantitative estimate of drug-likeness (QED) is 0.841. The Morgan fingerprint density at radius 2 is 1.76 bits per heavy atom. The van der Waals surface area contributed by atoms with Gasteiger partial charge in [0.25, 0.3) is 10.0 Å². The Hall–Kier alpha value is -1.79. The van der Waals surface area contributed by atoms with Crippen LogP contribution in [0.15, 0.2) is 47.5 Å². The van der Waals surface area contributed by atoms with Crippen LogP contribution in [-0.2, 0) is 10.0 Å². The number of anilines is 2. The zero-order valence-electron chi connectivity index (χ0n) is 14.2. The molecule has 5 nitrogen and oxygen atoms in total. The van der Waals surface area contributed by atoms with Gasteiger partial charge in [-0.2, -0.15) is 0 Å². The lowest BCUT2D eigenvalue weighted by molar-refractivity contribution is 0.426. The summed E-state index contributed by atoms with van der Waals surface area (Å²) in [6.45, 7) is 0. The van der Waals surface area contributed by atoms with Gasteiger partial charge in [-0.25, -0.2) is 13.4 Å². The molecule has 0 unspecified atom stereocenters. The van der Waals surface area contributed by atoms with Crippen molar-refractivity contribution in [2.75, 3.05) is 16.7 Å². The maximum absolute atomic E-state index is 12.4. The first-order valence-corrected chi connectivity index (χ1v) is 10.3. The Labute approximate surface area is 154 Å². The molecule has 25 heavy (non-hydrogen) atoms.